The van der Waals surface area contributed by atoms with Crippen LogP contribution in [0.3, 0.4) is 0 Å². The molecule has 2 fully saturated rings. The third-order valence-electron chi connectivity index (χ3n) is 6.41. The molecule has 21 heavy (non-hydrogen) atoms. The molecule has 1 aliphatic heterocycles. The number of nitrogens with one attached hydrogen (secondary N) is 1. The van der Waals surface area contributed by atoms with Crippen LogP contribution >= 0.6 is 0 Å². The minimum atomic E-state index is 0.513. The fourth-order valence-electron chi connectivity index (χ4n) is 4.39. The van der Waals surface area contributed by atoms with Crippen LogP contribution in [-0.2, 0) is 0 Å². The maximum Gasteiger partial charge on any atom is 0.0252 e. The molecule has 0 aromatic heterocycles. The lowest BCUT2D eigenvalue weighted by Crippen LogP contribution is -2.54. The van der Waals surface area contributed by atoms with Gasteiger partial charge >= 0.3 is 0 Å². The van der Waals surface area contributed by atoms with Crippen LogP contribution in [0.4, 0.5) is 0 Å². The highest BCUT2D eigenvalue weighted by Gasteiger charge is 2.40. The lowest BCUT2D eigenvalue weighted by molar-refractivity contribution is 0.0599. The van der Waals surface area contributed by atoms with Gasteiger partial charge < -0.3 is 5.32 Å². The van der Waals surface area contributed by atoms with E-state index in [-0.39, 0.29) is 0 Å². The van der Waals surface area contributed by atoms with Gasteiger partial charge in [0, 0.05) is 18.6 Å². The smallest absolute Gasteiger partial charge is 0.0252 e. The fraction of sp³-hybridized carbons (Fsp3) is 1.00. The number of hydrogen-bond donors (Lipinski definition) is 1. The summed E-state index contributed by atoms with van der Waals surface area (Å²) in [5.41, 5.74) is 0.513. The third-order valence-corrected chi connectivity index (χ3v) is 6.41. The minimum absolute atomic E-state index is 0.513. The SMILES string of the molecule is CCCNC1CCC(C(C)(C)CC)CC1N1CCC(C)C1. The van der Waals surface area contributed by atoms with Crippen LogP contribution in [-0.4, -0.2) is 36.6 Å². The summed E-state index contributed by atoms with van der Waals surface area (Å²) in [7, 11) is 0. The van der Waals surface area contributed by atoms with Gasteiger partial charge in [-0.05, 0) is 62.4 Å². The Balaban J connectivity index is 2.04. The first-order valence-electron chi connectivity index (χ1n) is 9.45. The molecular weight excluding hydrogens is 256 g/mol. The highest BCUT2D eigenvalue weighted by molar-refractivity contribution is 4.96. The summed E-state index contributed by atoms with van der Waals surface area (Å²) >= 11 is 0. The molecule has 1 saturated carbocycles. The molecule has 1 N–H and O–H groups in total. The van der Waals surface area contributed by atoms with E-state index >= 15 is 0 Å². The second-order valence-corrected chi connectivity index (χ2v) is 8.37. The quantitative estimate of drug-likeness (QED) is 0.785. The molecule has 0 spiro atoms. The molecule has 2 rings (SSSR count). The molecule has 2 aliphatic rings. The molecule has 0 aromatic rings. The van der Waals surface area contributed by atoms with E-state index in [2.05, 4.69) is 44.8 Å². The van der Waals surface area contributed by atoms with Crippen molar-refractivity contribution >= 4 is 0 Å². The molecule has 1 heterocycles. The fourth-order valence-corrected chi connectivity index (χ4v) is 4.39. The lowest BCUT2D eigenvalue weighted by atomic mass is 9.67. The van der Waals surface area contributed by atoms with E-state index in [1.807, 2.05) is 0 Å². The summed E-state index contributed by atoms with van der Waals surface area (Å²) in [4.78, 5) is 2.82. The number of likely N-dealkylation sites (tertiary alicyclic amines) is 1. The summed E-state index contributed by atoms with van der Waals surface area (Å²) < 4.78 is 0. The molecule has 2 nitrogen and oxygen atoms in total. The van der Waals surface area contributed by atoms with Gasteiger partial charge in [-0.15, -0.1) is 0 Å². The molecule has 0 bridgehead atoms. The van der Waals surface area contributed by atoms with Crippen molar-refractivity contribution in [2.24, 2.45) is 17.3 Å². The predicted octanol–water partition coefficient (Wildman–Crippen LogP) is 4.30. The monoisotopic (exact) mass is 294 g/mol. The highest BCUT2D eigenvalue weighted by Crippen LogP contribution is 2.42. The topological polar surface area (TPSA) is 15.3 Å². The van der Waals surface area contributed by atoms with Gasteiger partial charge in [0.05, 0.1) is 0 Å². The number of rotatable bonds is 6. The number of hydrogen-bond acceptors (Lipinski definition) is 2. The van der Waals surface area contributed by atoms with E-state index in [4.69, 9.17) is 0 Å². The maximum atomic E-state index is 3.86. The van der Waals surface area contributed by atoms with E-state index in [0.717, 1.165) is 23.9 Å². The molecule has 2 heteroatoms. The predicted molar refractivity (Wildman–Crippen MR) is 92.6 cm³/mol. The van der Waals surface area contributed by atoms with Crippen LogP contribution in [0.2, 0.25) is 0 Å². The van der Waals surface area contributed by atoms with Crippen LogP contribution in [0.5, 0.6) is 0 Å². The zero-order valence-electron chi connectivity index (χ0n) is 15.1. The molecule has 4 unspecified atom stereocenters. The van der Waals surface area contributed by atoms with Gasteiger partial charge in [-0.3, -0.25) is 4.90 Å². The van der Waals surface area contributed by atoms with Crippen molar-refractivity contribution in [2.45, 2.75) is 85.2 Å². The van der Waals surface area contributed by atoms with E-state index in [1.165, 1.54) is 58.2 Å². The summed E-state index contributed by atoms with van der Waals surface area (Å²) in [6, 6.07) is 1.52. The van der Waals surface area contributed by atoms with Gasteiger partial charge in [-0.25, -0.2) is 0 Å². The molecule has 124 valence electrons. The Morgan fingerprint density at radius 1 is 1.14 bits per heavy atom. The number of nitrogens with zero attached hydrogens (tertiary/aromatic N) is 1. The summed E-state index contributed by atoms with van der Waals surface area (Å²) in [5, 5.41) is 3.86. The summed E-state index contributed by atoms with van der Waals surface area (Å²) in [5.74, 6) is 1.81. The Labute approximate surface area is 133 Å². The van der Waals surface area contributed by atoms with Crippen molar-refractivity contribution in [1.82, 2.24) is 10.2 Å². The van der Waals surface area contributed by atoms with E-state index in [9.17, 15) is 0 Å². The van der Waals surface area contributed by atoms with Crippen LogP contribution in [0, 0.1) is 17.3 Å². The van der Waals surface area contributed by atoms with Gasteiger partial charge in [-0.2, -0.15) is 0 Å². The van der Waals surface area contributed by atoms with E-state index < -0.39 is 0 Å². The standard InChI is InChI=1S/C19H38N2/c1-6-11-20-17-9-8-16(19(4,5)7-2)13-18(17)21-12-10-15(3)14-21/h15-18,20H,6-14H2,1-5H3. The van der Waals surface area contributed by atoms with Gasteiger partial charge in [0.15, 0.2) is 0 Å². The second kappa shape index (κ2) is 7.46. The maximum absolute atomic E-state index is 3.86. The van der Waals surface area contributed by atoms with Crippen molar-refractivity contribution in [1.29, 1.82) is 0 Å². The first-order chi connectivity index (χ1) is 9.97. The van der Waals surface area contributed by atoms with Crippen LogP contribution < -0.4 is 5.32 Å². The molecule has 0 aromatic carbocycles. The normalized spacial score (nSPS) is 35.3. The van der Waals surface area contributed by atoms with Crippen molar-refractivity contribution in [3.8, 4) is 0 Å². The first kappa shape index (κ1) is 17.3. The van der Waals surface area contributed by atoms with Crippen molar-refractivity contribution in [3.63, 3.8) is 0 Å². The molecule has 4 atom stereocenters. The van der Waals surface area contributed by atoms with Gasteiger partial charge in [0.1, 0.15) is 0 Å². The Hall–Kier alpha value is -0.0800. The Morgan fingerprint density at radius 3 is 2.48 bits per heavy atom. The third kappa shape index (κ3) is 4.22. The molecular formula is C19H38N2. The average Bonchev–Trinajstić information content (AvgIpc) is 2.91. The first-order valence-corrected chi connectivity index (χ1v) is 9.45. The Kier molecular flexibility index (Phi) is 6.14. The largest absolute Gasteiger partial charge is 0.312 e. The van der Waals surface area contributed by atoms with Gasteiger partial charge in [0.25, 0.3) is 0 Å². The zero-order chi connectivity index (χ0) is 15.5. The van der Waals surface area contributed by atoms with Crippen LogP contribution in [0.25, 0.3) is 0 Å². The highest BCUT2D eigenvalue weighted by atomic mass is 15.2. The molecule has 0 radical (unpaired) electrons. The average molecular weight is 295 g/mol. The molecule has 1 saturated heterocycles. The van der Waals surface area contributed by atoms with Gasteiger partial charge in [0.2, 0.25) is 0 Å². The van der Waals surface area contributed by atoms with Gasteiger partial charge in [-0.1, -0.05) is 41.0 Å². The minimum Gasteiger partial charge on any atom is -0.312 e. The van der Waals surface area contributed by atoms with Crippen molar-refractivity contribution in [2.75, 3.05) is 19.6 Å². The Morgan fingerprint density at radius 2 is 1.90 bits per heavy atom. The van der Waals surface area contributed by atoms with Crippen molar-refractivity contribution in [3.05, 3.63) is 0 Å². The zero-order valence-corrected chi connectivity index (χ0v) is 15.1. The summed E-state index contributed by atoms with van der Waals surface area (Å²) in [6.07, 6.45) is 8.18. The van der Waals surface area contributed by atoms with Crippen LogP contribution in [0.15, 0.2) is 0 Å². The van der Waals surface area contributed by atoms with E-state index in [1.54, 1.807) is 0 Å². The molecule has 1 aliphatic carbocycles. The lowest BCUT2D eigenvalue weighted by Gasteiger charge is -2.46. The van der Waals surface area contributed by atoms with Crippen molar-refractivity contribution < 1.29 is 0 Å². The molecule has 0 amide bonds. The Bertz CT molecular complexity index is 313. The summed E-state index contributed by atoms with van der Waals surface area (Å²) in [6.45, 7) is 15.9. The second-order valence-electron chi connectivity index (χ2n) is 8.37. The van der Waals surface area contributed by atoms with Crippen LogP contribution in [0.1, 0.15) is 73.1 Å². The van der Waals surface area contributed by atoms with E-state index in [0.29, 0.717) is 5.41 Å².